The summed E-state index contributed by atoms with van der Waals surface area (Å²) in [6.07, 6.45) is 2.67. The SMILES string of the molecule is CCCCNC(=O)[C@@H](C)N(Cc1ccc(Br)cc1)C(=O)CN(c1cccc(F)c1)S(C)(=O)=O. The largest absolute Gasteiger partial charge is 0.354 e. The normalized spacial score (nSPS) is 12.2. The van der Waals surface area contributed by atoms with Gasteiger partial charge in [-0.1, -0.05) is 47.5 Å². The Balaban J connectivity index is 2.33. The van der Waals surface area contributed by atoms with Crippen LogP contribution in [0.5, 0.6) is 0 Å². The molecule has 180 valence electrons. The number of nitrogens with zero attached hydrogens (tertiary/aromatic N) is 2. The molecule has 0 spiro atoms. The van der Waals surface area contributed by atoms with Crippen LogP contribution in [0.1, 0.15) is 32.3 Å². The highest BCUT2D eigenvalue weighted by atomic mass is 79.9. The molecule has 0 fully saturated rings. The van der Waals surface area contributed by atoms with E-state index in [0.29, 0.717) is 6.54 Å². The van der Waals surface area contributed by atoms with E-state index >= 15 is 0 Å². The third-order valence-electron chi connectivity index (χ3n) is 5.04. The minimum absolute atomic E-state index is 0.0366. The fourth-order valence-electron chi connectivity index (χ4n) is 3.15. The highest BCUT2D eigenvalue weighted by Crippen LogP contribution is 2.20. The number of carbonyl (C=O) groups is 2. The first kappa shape index (κ1) is 26.8. The van der Waals surface area contributed by atoms with Crippen molar-refractivity contribution in [3.63, 3.8) is 0 Å². The lowest BCUT2D eigenvalue weighted by Gasteiger charge is -2.31. The predicted molar refractivity (Wildman–Crippen MR) is 131 cm³/mol. The Morgan fingerprint density at radius 2 is 1.82 bits per heavy atom. The summed E-state index contributed by atoms with van der Waals surface area (Å²) in [5.41, 5.74) is 0.811. The van der Waals surface area contributed by atoms with Crippen molar-refractivity contribution in [1.82, 2.24) is 10.2 Å². The molecule has 2 aromatic rings. The van der Waals surface area contributed by atoms with Crippen LogP contribution >= 0.6 is 15.9 Å². The van der Waals surface area contributed by atoms with E-state index in [1.54, 1.807) is 6.92 Å². The molecule has 33 heavy (non-hydrogen) atoms. The number of benzene rings is 2. The molecule has 7 nitrogen and oxygen atoms in total. The van der Waals surface area contributed by atoms with Crippen LogP contribution in [0.25, 0.3) is 0 Å². The summed E-state index contributed by atoms with van der Waals surface area (Å²) in [6, 6.07) is 11.4. The molecule has 1 N–H and O–H groups in total. The molecule has 2 rings (SSSR count). The summed E-state index contributed by atoms with van der Waals surface area (Å²) in [6.45, 7) is 3.63. The molecule has 10 heteroatoms. The van der Waals surface area contributed by atoms with E-state index in [9.17, 15) is 22.4 Å². The highest BCUT2D eigenvalue weighted by Gasteiger charge is 2.30. The van der Waals surface area contributed by atoms with Crippen LogP contribution in [-0.4, -0.2) is 50.5 Å². The molecule has 0 radical (unpaired) electrons. The topological polar surface area (TPSA) is 86.8 Å². The van der Waals surface area contributed by atoms with Gasteiger partial charge < -0.3 is 10.2 Å². The minimum atomic E-state index is -3.89. The Kier molecular flexibility index (Phi) is 9.85. The quantitative estimate of drug-likeness (QED) is 0.439. The summed E-state index contributed by atoms with van der Waals surface area (Å²) in [5, 5.41) is 2.81. The first-order chi connectivity index (χ1) is 15.5. The van der Waals surface area contributed by atoms with Crippen LogP contribution < -0.4 is 9.62 Å². The third kappa shape index (κ3) is 8.12. The van der Waals surface area contributed by atoms with E-state index in [1.165, 1.54) is 23.1 Å². The number of halogens is 2. The Hall–Kier alpha value is -2.46. The van der Waals surface area contributed by atoms with Gasteiger partial charge in [0.15, 0.2) is 0 Å². The molecular formula is C23H29BrFN3O4S. The number of amides is 2. The van der Waals surface area contributed by atoms with Crippen molar-refractivity contribution in [3.8, 4) is 0 Å². The molecule has 2 amide bonds. The molecule has 0 unspecified atom stereocenters. The Morgan fingerprint density at radius 1 is 1.15 bits per heavy atom. The molecule has 0 aliphatic rings. The first-order valence-electron chi connectivity index (χ1n) is 10.6. The van der Waals surface area contributed by atoms with Crippen molar-refractivity contribution >= 4 is 43.5 Å². The number of hydrogen-bond donors (Lipinski definition) is 1. The molecule has 0 aliphatic heterocycles. The second-order valence-corrected chi connectivity index (χ2v) is 10.5. The summed E-state index contributed by atoms with van der Waals surface area (Å²) >= 11 is 3.37. The van der Waals surface area contributed by atoms with E-state index in [4.69, 9.17) is 0 Å². The van der Waals surface area contributed by atoms with Gasteiger partial charge in [0, 0.05) is 17.6 Å². The maximum atomic E-state index is 13.7. The van der Waals surface area contributed by atoms with Crippen LogP contribution in [0.3, 0.4) is 0 Å². The number of carbonyl (C=O) groups excluding carboxylic acids is 2. The van der Waals surface area contributed by atoms with Gasteiger partial charge in [0.1, 0.15) is 18.4 Å². The van der Waals surface area contributed by atoms with E-state index in [-0.39, 0.29) is 18.1 Å². The zero-order valence-corrected chi connectivity index (χ0v) is 21.3. The van der Waals surface area contributed by atoms with Crippen molar-refractivity contribution in [1.29, 1.82) is 0 Å². The van der Waals surface area contributed by atoms with E-state index < -0.39 is 34.3 Å². The van der Waals surface area contributed by atoms with Crippen molar-refractivity contribution in [2.45, 2.75) is 39.3 Å². The fourth-order valence-corrected chi connectivity index (χ4v) is 4.26. The molecule has 2 aromatic carbocycles. The molecule has 0 bridgehead atoms. The zero-order valence-electron chi connectivity index (χ0n) is 18.9. The average Bonchev–Trinajstić information content (AvgIpc) is 2.75. The molecule has 0 saturated carbocycles. The summed E-state index contributed by atoms with van der Waals surface area (Å²) in [4.78, 5) is 27.4. The van der Waals surface area contributed by atoms with Crippen LogP contribution in [0.15, 0.2) is 53.0 Å². The van der Waals surface area contributed by atoms with Gasteiger partial charge in [0.05, 0.1) is 11.9 Å². The summed E-state index contributed by atoms with van der Waals surface area (Å²) < 4.78 is 40.3. The van der Waals surface area contributed by atoms with Gasteiger partial charge in [-0.3, -0.25) is 13.9 Å². The van der Waals surface area contributed by atoms with Crippen molar-refractivity contribution in [2.75, 3.05) is 23.7 Å². The van der Waals surface area contributed by atoms with Gasteiger partial charge >= 0.3 is 0 Å². The molecule has 0 saturated heterocycles. The lowest BCUT2D eigenvalue weighted by molar-refractivity contribution is -0.139. The molecule has 1 atom stereocenters. The summed E-state index contributed by atoms with van der Waals surface area (Å²) in [7, 11) is -3.89. The van der Waals surface area contributed by atoms with Gasteiger partial charge in [0.25, 0.3) is 0 Å². The summed E-state index contributed by atoms with van der Waals surface area (Å²) in [5.74, 6) is -1.53. The number of rotatable bonds is 11. The lowest BCUT2D eigenvalue weighted by Crippen LogP contribution is -2.51. The monoisotopic (exact) mass is 541 g/mol. The van der Waals surface area contributed by atoms with Gasteiger partial charge in [-0.2, -0.15) is 0 Å². The smallest absolute Gasteiger partial charge is 0.244 e. The van der Waals surface area contributed by atoms with Crippen LogP contribution in [0, 0.1) is 5.82 Å². The third-order valence-corrected chi connectivity index (χ3v) is 6.71. The molecular weight excluding hydrogens is 513 g/mol. The van der Waals surface area contributed by atoms with Crippen LogP contribution in [-0.2, 0) is 26.2 Å². The zero-order chi connectivity index (χ0) is 24.6. The Labute approximate surface area is 203 Å². The van der Waals surface area contributed by atoms with E-state index in [2.05, 4.69) is 21.2 Å². The second kappa shape index (κ2) is 12.1. The van der Waals surface area contributed by atoms with Crippen molar-refractivity contribution in [3.05, 3.63) is 64.4 Å². The molecule has 0 aliphatic carbocycles. The number of anilines is 1. The lowest BCUT2D eigenvalue weighted by atomic mass is 10.1. The van der Waals surface area contributed by atoms with Gasteiger partial charge in [-0.15, -0.1) is 0 Å². The maximum Gasteiger partial charge on any atom is 0.244 e. The standard InChI is InChI=1S/C23H29BrFN3O4S/c1-4-5-13-26-23(30)17(2)27(15-18-9-11-19(24)12-10-18)22(29)16-28(33(3,31)32)21-8-6-7-20(25)14-21/h6-12,14,17H,4-5,13,15-16H2,1-3H3,(H,26,30)/t17-/m1/s1. The van der Waals surface area contributed by atoms with Gasteiger partial charge in [0.2, 0.25) is 21.8 Å². The minimum Gasteiger partial charge on any atom is -0.354 e. The fraction of sp³-hybridized carbons (Fsp3) is 0.391. The number of unbranched alkanes of at least 4 members (excludes halogenated alkanes) is 1. The van der Waals surface area contributed by atoms with Crippen molar-refractivity contribution < 1.29 is 22.4 Å². The number of nitrogens with one attached hydrogen (secondary N) is 1. The van der Waals surface area contributed by atoms with Gasteiger partial charge in [-0.25, -0.2) is 12.8 Å². The van der Waals surface area contributed by atoms with E-state index in [0.717, 1.165) is 39.5 Å². The molecule has 0 aromatic heterocycles. The Bertz CT molecular complexity index is 1060. The number of hydrogen-bond acceptors (Lipinski definition) is 4. The Morgan fingerprint density at radius 3 is 2.39 bits per heavy atom. The van der Waals surface area contributed by atoms with E-state index in [1.807, 2.05) is 31.2 Å². The van der Waals surface area contributed by atoms with Gasteiger partial charge in [-0.05, 0) is 49.2 Å². The second-order valence-electron chi connectivity index (χ2n) is 7.72. The average molecular weight is 542 g/mol. The highest BCUT2D eigenvalue weighted by molar-refractivity contribution is 9.10. The predicted octanol–water partition coefficient (Wildman–Crippen LogP) is 3.69. The molecule has 0 heterocycles. The first-order valence-corrected chi connectivity index (χ1v) is 13.2. The maximum absolute atomic E-state index is 13.7. The van der Waals surface area contributed by atoms with Crippen LogP contribution in [0.4, 0.5) is 10.1 Å². The van der Waals surface area contributed by atoms with Crippen molar-refractivity contribution in [2.24, 2.45) is 0 Å². The van der Waals surface area contributed by atoms with Crippen LogP contribution in [0.2, 0.25) is 0 Å². The number of sulfonamides is 1.